The van der Waals surface area contributed by atoms with Crippen LogP contribution < -0.4 is 10.2 Å². The lowest BCUT2D eigenvalue weighted by molar-refractivity contribution is -0.127. The van der Waals surface area contributed by atoms with Crippen LogP contribution in [0.3, 0.4) is 0 Å². The first kappa shape index (κ1) is 25.6. The number of amides is 2. The van der Waals surface area contributed by atoms with Crippen molar-refractivity contribution < 1.29 is 14.0 Å². The van der Waals surface area contributed by atoms with Crippen molar-refractivity contribution in [3.05, 3.63) is 28.5 Å². The lowest BCUT2D eigenvalue weighted by Crippen LogP contribution is -2.42. The summed E-state index contributed by atoms with van der Waals surface area (Å²) in [6.45, 7) is 16.6. The van der Waals surface area contributed by atoms with Crippen LogP contribution in [0, 0.1) is 11.2 Å². The van der Waals surface area contributed by atoms with E-state index in [1.807, 2.05) is 20.8 Å². The van der Waals surface area contributed by atoms with Gasteiger partial charge in [-0.3, -0.25) is 9.59 Å². The van der Waals surface area contributed by atoms with E-state index < -0.39 is 6.04 Å². The van der Waals surface area contributed by atoms with Crippen molar-refractivity contribution in [1.29, 1.82) is 0 Å². The molecule has 1 aromatic rings. The van der Waals surface area contributed by atoms with Crippen LogP contribution in [0.5, 0.6) is 0 Å². The Kier molecular flexibility index (Phi) is 10.3. The summed E-state index contributed by atoms with van der Waals surface area (Å²) in [5, 5.41) is 2.79. The standard InChI is InChI=1S/C16H20BrFN2O2.C6H15N/c1-16(2,3)9-14(21)19-13-6-7-20(15(13)22)10-4-5-12(18)11(17)8-10;1-4-7(5-2)6-3/h4-5,8,13H,6-7,9H2,1-3H3,(H,19,21);4-6H2,1-3H3. The third-order valence-corrected chi connectivity index (χ3v) is 5.40. The second kappa shape index (κ2) is 11.6. The summed E-state index contributed by atoms with van der Waals surface area (Å²) in [5.41, 5.74) is 0.513. The Hall–Kier alpha value is -1.47. The highest BCUT2D eigenvalue weighted by Gasteiger charge is 2.34. The van der Waals surface area contributed by atoms with Crippen LogP contribution in [0.25, 0.3) is 0 Å². The van der Waals surface area contributed by atoms with Gasteiger partial charge in [-0.1, -0.05) is 41.5 Å². The van der Waals surface area contributed by atoms with Crippen molar-refractivity contribution in [2.75, 3.05) is 31.1 Å². The molecule has 0 saturated carbocycles. The highest BCUT2D eigenvalue weighted by molar-refractivity contribution is 9.10. The molecule has 1 aliphatic rings. The zero-order valence-electron chi connectivity index (χ0n) is 18.5. The van der Waals surface area contributed by atoms with Gasteiger partial charge in [-0.15, -0.1) is 0 Å². The van der Waals surface area contributed by atoms with E-state index in [1.54, 1.807) is 17.0 Å². The summed E-state index contributed by atoms with van der Waals surface area (Å²) in [6.07, 6.45) is 0.933. The van der Waals surface area contributed by atoms with Gasteiger partial charge in [0, 0.05) is 18.7 Å². The van der Waals surface area contributed by atoms with Crippen molar-refractivity contribution in [1.82, 2.24) is 10.2 Å². The number of hydrogen-bond acceptors (Lipinski definition) is 3. The lowest BCUT2D eigenvalue weighted by Gasteiger charge is -2.20. The Morgan fingerprint density at radius 2 is 1.83 bits per heavy atom. The van der Waals surface area contributed by atoms with E-state index in [0.717, 1.165) is 0 Å². The fraction of sp³-hybridized carbons (Fsp3) is 0.636. The van der Waals surface area contributed by atoms with Crippen LogP contribution in [0.1, 0.15) is 54.4 Å². The molecule has 164 valence electrons. The number of nitrogens with one attached hydrogen (secondary N) is 1. The molecule has 1 atom stereocenters. The molecule has 0 radical (unpaired) electrons. The quantitative estimate of drug-likeness (QED) is 0.659. The predicted molar refractivity (Wildman–Crippen MR) is 121 cm³/mol. The number of carbonyl (C=O) groups is 2. The molecule has 1 aliphatic heterocycles. The normalized spacial score (nSPS) is 16.7. The summed E-state index contributed by atoms with van der Waals surface area (Å²) >= 11 is 3.12. The molecule has 1 heterocycles. The zero-order chi connectivity index (χ0) is 22.2. The number of anilines is 1. The minimum Gasteiger partial charge on any atom is -0.344 e. The van der Waals surface area contributed by atoms with Crippen LogP contribution in [0.2, 0.25) is 0 Å². The first-order valence-corrected chi connectivity index (χ1v) is 11.1. The van der Waals surface area contributed by atoms with Crippen molar-refractivity contribution in [2.45, 2.75) is 60.4 Å². The van der Waals surface area contributed by atoms with Crippen molar-refractivity contribution in [2.24, 2.45) is 5.41 Å². The SMILES string of the molecule is CC(C)(C)CC(=O)NC1CCN(c2ccc(F)c(Br)c2)C1=O.CCN(CC)CC. The maximum absolute atomic E-state index is 13.3. The van der Waals surface area contributed by atoms with Gasteiger partial charge in [0.15, 0.2) is 0 Å². The molecule has 1 unspecified atom stereocenters. The topological polar surface area (TPSA) is 52.7 Å². The molecule has 7 heteroatoms. The maximum Gasteiger partial charge on any atom is 0.249 e. The maximum atomic E-state index is 13.3. The van der Waals surface area contributed by atoms with Crippen molar-refractivity contribution in [3.8, 4) is 0 Å². The van der Waals surface area contributed by atoms with E-state index in [4.69, 9.17) is 0 Å². The molecule has 0 aliphatic carbocycles. The largest absolute Gasteiger partial charge is 0.344 e. The molecular weight excluding hydrogens is 437 g/mol. The molecule has 29 heavy (non-hydrogen) atoms. The highest BCUT2D eigenvalue weighted by Crippen LogP contribution is 2.27. The van der Waals surface area contributed by atoms with Gasteiger partial charge >= 0.3 is 0 Å². The van der Waals surface area contributed by atoms with E-state index in [0.29, 0.717) is 29.5 Å². The van der Waals surface area contributed by atoms with E-state index in [1.165, 1.54) is 25.7 Å². The predicted octanol–water partition coefficient (Wildman–Crippen LogP) is 4.59. The van der Waals surface area contributed by atoms with Crippen LogP contribution in [0.4, 0.5) is 10.1 Å². The van der Waals surface area contributed by atoms with Gasteiger partial charge in [-0.2, -0.15) is 0 Å². The first-order valence-electron chi connectivity index (χ1n) is 10.3. The summed E-state index contributed by atoms with van der Waals surface area (Å²) in [7, 11) is 0. The van der Waals surface area contributed by atoms with Gasteiger partial charge in [0.05, 0.1) is 4.47 Å². The number of nitrogens with zero attached hydrogens (tertiary/aromatic N) is 2. The molecule has 0 bridgehead atoms. The van der Waals surface area contributed by atoms with Crippen molar-refractivity contribution >= 4 is 33.4 Å². The number of carbonyl (C=O) groups excluding carboxylic acids is 2. The number of halogens is 2. The third-order valence-electron chi connectivity index (χ3n) is 4.79. The summed E-state index contributed by atoms with van der Waals surface area (Å²) in [5.74, 6) is -0.640. The second-order valence-corrected chi connectivity index (χ2v) is 9.21. The number of benzene rings is 1. The molecule has 1 aromatic carbocycles. The van der Waals surface area contributed by atoms with E-state index >= 15 is 0 Å². The average Bonchev–Trinajstić information content (AvgIpc) is 2.98. The highest BCUT2D eigenvalue weighted by atomic mass is 79.9. The van der Waals surface area contributed by atoms with Gasteiger partial charge in [-0.05, 0) is 65.6 Å². The molecule has 1 saturated heterocycles. The van der Waals surface area contributed by atoms with E-state index in [2.05, 4.69) is 46.9 Å². The fourth-order valence-electron chi connectivity index (χ4n) is 3.12. The van der Waals surface area contributed by atoms with Crippen LogP contribution in [-0.4, -0.2) is 48.9 Å². The minimum atomic E-state index is -0.501. The second-order valence-electron chi connectivity index (χ2n) is 8.35. The van der Waals surface area contributed by atoms with Gasteiger partial charge in [0.1, 0.15) is 11.9 Å². The minimum absolute atomic E-state index is 0.118. The average molecular weight is 472 g/mol. The molecule has 0 spiro atoms. The Labute approximate surface area is 183 Å². The zero-order valence-corrected chi connectivity index (χ0v) is 20.1. The van der Waals surface area contributed by atoms with Crippen LogP contribution >= 0.6 is 15.9 Å². The van der Waals surface area contributed by atoms with E-state index in [9.17, 15) is 14.0 Å². The first-order chi connectivity index (χ1) is 13.5. The smallest absolute Gasteiger partial charge is 0.249 e. The Balaban J connectivity index is 0.000000516. The lowest BCUT2D eigenvalue weighted by atomic mass is 9.92. The fourth-order valence-corrected chi connectivity index (χ4v) is 3.49. The summed E-state index contributed by atoms with van der Waals surface area (Å²) in [6, 6.07) is 3.96. The molecule has 2 rings (SSSR count). The Bertz CT molecular complexity index is 682. The third kappa shape index (κ3) is 8.42. The Morgan fingerprint density at radius 1 is 1.24 bits per heavy atom. The van der Waals surface area contributed by atoms with Crippen LogP contribution in [0.15, 0.2) is 22.7 Å². The number of rotatable bonds is 6. The molecule has 2 amide bonds. The van der Waals surface area contributed by atoms with E-state index in [-0.39, 0.29) is 23.0 Å². The molecule has 0 aromatic heterocycles. The van der Waals surface area contributed by atoms with Gasteiger partial charge in [0.2, 0.25) is 11.8 Å². The molecule has 1 fully saturated rings. The molecule has 1 N–H and O–H groups in total. The number of hydrogen-bond donors (Lipinski definition) is 1. The molecule has 5 nitrogen and oxygen atoms in total. The van der Waals surface area contributed by atoms with Crippen molar-refractivity contribution in [3.63, 3.8) is 0 Å². The molecular formula is C22H35BrFN3O2. The monoisotopic (exact) mass is 471 g/mol. The van der Waals surface area contributed by atoms with Crippen LogP contribution in [-0.2, 0) is 9.59 Å². The Morgan fingerprint density at radius 3 is 2.28 bits per heavy atom. The summed E-state index contributed by atoms with van der Waals surface area (Å²) in [4.78, 5) is 28.3. The van der Waals surface area contributed by atoms with Gasteiger partial charge in [0.25, 0.3) is 0 Å². The summed E-state index contributed by atoms with van der Waals surface area (Å²) < 4.78 is 13.6. The van der Waals surface area contributed by atoms with Gasteiger partial charge < -0.3 is 15.1 Å². The van der Waals surface area contributed by atoms with Gasteiger partial charge in [-0.25, -0.2) is 4.39 Å².